The molecule has 0 saturated heterocycles. The van der Waals surface area contributed by atoms with Crippen LogP contribution in [0.5, 0.6) is 0 Å². The number of rotatable bonds is 0. The fraction of sp³-hybridized carbons (Fsp3) is 0.636. The molecule has 2 heterocycles. The van der Waals surface area contributed by atoms with Crippen LogP contribution in [0, 0.1) is 18.8 Å². The maximum absolute atomic E-state index is 5.02. The molecule has 4 atom stereocenters. The highest BCUT2D eigenvalue weighted by atomic mass is 32.2. The number of aromatic nitrogens is 2. The Hall–Kier alpha value is -0.740. The van der Waals surface area contributed by atoms with E-state index in [9.17, 15) is 0 Å². The molecule has 138 valence electrons. The van der Waals surface area contributed by atoms with E-state index in [1.54, 1.807) is 0 Å². The van der Waals surface area contributed by atoms with Crippen LogP contribution in [0.15, 0.2) is 18.2 Å². The van der Waals surface area contributed by atoms with Crippen LogP contribution in [0.2, 0.25) is 0 Å². The van der Waals surface area contributed by atoms with Gasteiger partial charge in [-0.2, -0.15) is 23.5 Å². The van der Waals surface area contributed by atoms with Gasteiger partial charge in [0.15, 0.2) is 0 Å². The molecule has 1 aliphatic heterocycles. The van der Waals surface area contributed by atoms with Crippen molar-refractivity contribution in [3.05, 3.63) is 35.2 Å². The largest absolute Gasteiger partial charge is 0.248 e. The molecule has 3 aliphatic rings. The SMILES string of the molecule is Cc1ccc2nc3c(nc2c1)CSC1CCC2CC2CCCCC1SC3. The van der Waals surface area contributed by atoms with E-state index in [0.717, 1.165) is 44.9 Å². The van der Waals surface area contributed by atoms with Crippen molar-refractivity contribution >= 4 is 34.6 Å². The van der Waals surface area contributed by atoms with Crippen molar-refractivity contribution < 1.29 is 0 Å². The van der Waals surface area contributed by atoms with Crippen LogP contribution >= 0.6 is 23.5 Å². The van der Waals surface area contributed by atoms with Crippen LogP contribution in [0.3, 0.4) is 0 Å². The zero-order chi connectivity index (χ0) is 17.5. The third kappa shape index (κ3) is 3.64. The van der Waals surface area contributed by atoms with E-state index in [0.29, 0.717) is 0 Å². The van der Waals surface area contributed by atoms with E-state index in [-0.39, 0.29) is 0 Å². The Morgan fingerprint density at radius 2 is 1.50 bits per heavy atom. The first-order valence-electron chi connectivity index (χ1n) is 10.3. The lowest BCUT2D eigenvalue weighted by molar-refractivity contribution is 0.501. The van der Waals surface area contributed by atoms with Gasteiger partial charge in [-0.15, -0.1) is 0 Å². The van der Waals surface area contributed by atoms with E-state index in [1.165, 1.54) is 61.9 Å². The fourth-order valence-electron chi connectivity index (χ4n) is 4.74. The van der Waals surface area contributed by atoms with E-state index in [1.807, 2.05) is 0 Å². The monoisotopic (exact) mass is 384 g/mol. The highest BCUT2D eigenvalue weighted by molar-refractivity contribution is 8.03. The highest BCUT2D eigenvalue weighted by Crippen LogP contribution is 2.48. The third-order valence-electron chi connectivity index (χ3n) is 6.46. The van der Waals surface area contributed by atoms with E-state index >= 15 is 0 Å². The van der Waals surface area contributed by atoms with Crippen LogP contribution < -0.4 is 0 Å². The topological polar surface area (TPSA) is 25.8 Å². The van der Waals surface area contributed by atoms with Crippen LogP contribution in [0.4, 0.5) is 0 Å². The van der Waals surface area contributed by atoms with Crippen molar-refractivity contribution in [1.29, 1.82) is 0 Å². The molecule has 4 unspecified atom stereocenters. The van der Waals surface area contributed by atoms with Crippen molar-refractivity contribution in [3.8, 4) is 0 Å². The molecule has 5 rings (SSSR count). The Kier molecular flexibility index (Phi) is 4.91. The Morgan fingerprint density at radius 1 is 0.808 bits per heavy atom. The Morgan fingerprint density at radius 3 is 2.35 bits per heavy atom. The molecular weight excluding hydrogens is 356 g/mol. The van der Waals surface area contributed by atoms with Gasteiger partial charge < -0.3 is 0 Å². The fourth-order valence-corrected chi connectivity index (χ4v) is 7.76. The highest BCUT2D eigenvalue weighted by Gasteiger charge is 2.38. The Balaban J connectivity index is 1.40. The summed E-state index contributed by atoms with van der Waals surface area (Å²) in [5, 5.41) is 1.61. The molecule has 1 aromatic heterocycles. The number of hydrogen-bond acceptors (Lipinski definition) is 4. The van der Waals surface area contributed by atoms with Crippen LogP contribution in [-0.4, -0.2) is 20.5 Å². The number of fused-ring (bicyclic) bond motifs is 4. The van der Waals surface area contributed by atoms with Crippen LogP contribution in [0.1, 0.15) is 61.9 Å². The Bertz CT molecular complexity index is 806. The lowest BCUT2D eigenvalue weighted by Gasteiger charge is -2.29. The summed E-state index contributed by atoms with van der Waals surface area (Å²) in [6.07, 6.45) is 10.2. The minimum absolute atomic E-state index is 0.805. The third-order valence-corrected chi connectivity index (χ3v) is 9.50. The molecule has 2 nitrogen and oxygen atoms in total. The quantitative estimate of drug-likeness (QED) is 0.544. The van der Waals surface area contributed by atoms with Gasteiger partial charge in [0, 0.05) is 22.0 Å². The van der Waals surface area contributed by atoms with Crippen molar-refractivity contribution in [3.63, 3.8) is 0 Å². The first kappa shape index (κ1) is 17.4. The van der Waals surface area contributed by atoms with E-state index in [4.69, 9.17) is 9.97 Å². The molecule has 0 amide bonds. The minimum Gasteiger partial charge on any atom is -0.248 e. The first-order valence-corrected chi connectivity index (χ1v) is 12.4. The zero-order valence-corrected chi connectivity index (χ0v) is 17.2. The molecular formula is C22H28N2S2. The number of aryl methyl sites for hydroxylation is 1. The lowest BCUT2D eigenvalue weighted by atomic mass is 10.0. The van der Waals surface area contributed by atoms with Crippen molar-refractivity contribution in [1.82, 2.24) is 9.97 Å². The minimum atomic E-state index is 0.805. The summed E-state index contributed by atoms with van der Waals surface area (Å²) in [5.74, 6) is 4.23. The molecule has 1 aromatic carbocycles. The van der Waals surface area contributed by atoms with Crippen molar-refractivity contribution in [2.45, 2.75) is 73.9 Å². The molecule has 0 bridgehead atoms. The predicted molar refractivity (Wildman–Crippen MR) is 114 cm³/mol. The molecule has 2 aliphatic carbocycles. The van der Waals surface area contributed by atoms with Gasteiger partial charge in [-0.25, -0.2) is 9.97 Å². The number of nitrogens with zero attached hydrogens (tertiary/aromatic N) is 2. The average Bonchev–Trinajstić information content (AvgIpc) is 3.38. The van der Waals surface area contributed by atoms with Gasteiger partial charge in [0.25, 0.3) is 0 Å². The normalized spacial score (nSPS) is 31.9. The van der Waals surface area contributed by atoms with Gasteiger partial charge in [0.2, 0.25) is 0 Å². The van der Waals surface area contributed by atoms with Gasteiger partial charge in [0.1, 0.15) is 0 Å². The summed E-state index contributed by atoms with van der Waals surface area (Å²) in [6.45, 7) is 2.14. The summed E-state index contributed by atoms with van der Waals surface area (Å²) in [5.41, 5.74) is 5.86. The molecule has 0 N–H and O–H groups in total. The summed E-state index contributed by atoms with van der Waals surface area (Å²) in [6, 6.07) is 6.46. The van der Waals surface area contributed by atoms with Crippen LogP contribution in [-0.2, 0) is 11.5 Å². The predicted octanol–water partition coefficient (Wildman–Crippen LogP) is 6.15. The number of benzene rings is 1. The number of thioether (sulfide) groups is 2. The summed E-state index contributed by atoms with van der Waals surface area (Å²) in [4.78, 5) is 10.0. The van der Waals surface area contributed by atoms with E-state index < -0.39 is 0 Å². The molecule has 26 heavy (non-hydrogen) atoms. The molecule has 2 fully saturated rings. The second-order valence-electron chi connectivity index (χ2n) is 8.43. The maximum Gasteiger partial charge on any atom is 0.0893 e. The molecule has 2 aromatic rings. The molecule has 2 saturated carbocycles. The summed E-state index contributed by atoms with van der Waals surface area (Å²) in [7, 11) is 0. The van der Waals surface area contributed by atoms with Crippen molar-refractivity contribution in [2.75, 3.05) is 0 Å². The Labute approximate surface area is 165 Å². The second kappa shape index (κ2) is 7.35. The van der Waals surface area contributed by atoms with Crippen LogP contribution in [0.25, 0.3) is 11.0 Å². The lowest BCUT2D eigenvalue weighted by Crippen LogP contribution is -2.24. The zero-order valence-electron chi connectivity index (χ0n) is 15.6. The second-order valence-corrected chi connectivity index (χ2v) is 10.9. The average molecular weight is 385 g/mol. The van der Waals surface area contributed by atoms with Crippen molar-refractivity contribution in [2.24, 2.45) is 11.8 Å². The van der Waals surface area contributed by atoms with Gasteiger partial charge >= 0.3 is 0 Å². The molecule has 4 heteroatoms. The number of hydrogen-bond donors (Lipinski definition) is 0. The standard InChI is InChI=1S/C22H28N2S2/c1-14-6-8-17-18(10-14)24-20-13-26-22-9-7-16-11-15(16)4-2-3-5-21(22)25-12-19(20)23-17/h6,8,10,15-16,21-22H,2-5,7,9,11-13H2,1H3. The molecule has 0 radical (unpaired) electrons. The van der Waals surface area contributed by atoms with Gasteiger partial charge in [-0.3, -0.25) is 0 Å². The van der Waals surface area contributed by atoms with E-state index in [2.05, 4.69) is 48.6 Å². The maximum atomic E-state index is 5.02. The van der Waals surface area contributed by atoms with Gasteiger partial charge in [-0.1, -0.05) is 25.3 Å². The van der Waals surface area contributed by atoms with Gasteiger partial charge in [-0.05, 0) is 62.1 Å². The summed E-state index contributed by atoms with van der Waals surface area (Å²) < 4.78 is 0. The first-order chi connectivity index (χ1) is 12.8. The summed E-state index contributed by atoms with van der Waals surface area (Å²) >= 11 is 4.34. The molecule has 0 spiro atoms. The smallest absolute Gasteiger partial charge is 0.0893 e. The van der Waals surface area contributed by atoms with Gasteiger partial charge in [0.05, 0.1) is 22.4 Å².